The minimum Gasteiger partial charge on any atom is -0.481 e. The predicted octanol–water partition coefficient (Wildman–Crippen LogP) is 2.24. The Balaban J connectivity index is 3.43. The summed E-state index contributed by atoms with van der Waals surface area (Å²) < 4.78 is 0. The van der Waals surface area contributed by atoms with E-state index in [4.69, 9.17) is 5.11 Å². The maximum atomic E-state index is 11.2. The molecule has 0 rings (SSSR count). The molecule has 0 aromatic rings. The van der Waals surface area contributed by atoms with Crippen LogP contribution in [0.5, 0.6) is 0 Å². The van der Waals surface area contributed by atoms with Crippen LogP contribution in [0.3, 0.4) is 0 Å². The highest BCUT2D eigenvalue weighted by molar-refractivity contribution is 5.74. The lowest BCUT2D eigenvalue weighted by Crippen LogP contribution is -2.33. The van der Waals surface area contributed by atoms with E-state index in [2.05, 4.69) is 10.6 Å². The van der Waals surface area contributed by atoms with Crippen LogP contribution in [0.2, 0.25) is 0 Å². The van der Waals surface area contributed by atoms with E-state index >= 15 is 0 Å². The summed E-state index contributed by atoms with van der Waals surface area (Å²) in [5.74, 6) is -0.768. The lowest BCUT2D eigenvalue weighted by molar-refractivity contribution is -0.137. The van der Waals surface area contributed by atoms with E-state index in [9.17, 15) is 9.59 Å². The van der Waals surface area contributed by atoms with E-state index in [1.165, 1.54) is 0 Å². The Labute approximate surface area is 102 Å². The number of nitrogens with one attached hydrogen (secondary N) is 2. The second kappa shape index (κ2) is 9.69. The maximum absolute atomic E-state index is 11.2. The molecule has 0 unspecified atom stereocenters. The van der Waals surface area contributed by atoms with Gasteiger partial charge in [-0.1, -0.05) is 18.9 Å². The fourth-order valence-corrected chi connectivity index (χ4v) is 1.12. The number of hydrogen-bond donors (Lipinski definition) is 3. The molecule has 0 aliphatic rings. The number of carbonyl (C=O) groups excluding carboxylic acids is 1. The lowest BCUT2D eigenvalue weighted by atomic mass is 10.2. The van der Waals surface area contributed by atoms with Gasteiger partial charge in [0.2, 0.25) is 0 Å². The summed E-state index contributed by atoms with van der Waals surface area (Å²) in [6.45, 7) is 4.55. The molecule has 0 atom stereocenters. The summed E-state index contributed by atoms with van der Waals surface area (Å²) >= 11 is 0. The second-order valence-corrected chi connectivity index (χ2v) is 3.95. The number of allylic oxidation sites excluding steroid dienone is 1. The van der Waals surface area contributed by atoms with Gasteiger partial charge >= 0.3 is 12.0 Å². The quantitative estimate of drug-likeness (QED) is 0.571. The molecule has 17 heavy (non-hydrogen) atoms. The minimum atomic E-state index is -0.768. The first-order valence-corrected chi connectivity index (χ1v) is 5.98. The third kappa shape index (κ3) is 10.8. The van der Waals surface area contributed by atoms with Crippen molar-refractivity contribution in [3.63, 3.8) is 0 Å². The Hall–Kier alpha value is -1.52. The van der Waals surface area contributed by atoms with Gasteiger partial charge in [0.15, 0.2) is 0 Å². The van der Waals surface area contributed by atoms with E-state index < -0.39 is 5.97 Å². The van der Waals surface area contributed by atoms with E-state index in [1.54, 1.807) is 6.20 Å². The van der Waals surface area contributed by atoms with Crippen LogP contribution in [0, 0.1) is 0 Å². The van der Waals surface area contributed by atoms with Gasteiger partial charge in [-0.25, -0.2) is 4.79 Å². The van der Waals surface area contributed by atoms with Crippen LogP contribution in [0.15, 0.2) is 11.8 Å². The van der Waals surface area contributed by atoms with Crippen molar-refractivity contribution >= 4 is 12.0 Å². The average molecular weight is 242 g/mol. The van der Waals surface area contributed by atoms with E-state index in [0.717, 1.165) is 24.8 Å². The van der Waals surface area contributed by atoms with E-state index in [0.29, 0.717) is 13.0 Å². The normalized spacial score (nSPS) is 11.1. The largest absolute Gasteiger partial charge is 0.481 e. The van der Waals surface area contributed by atoms with Gasteiger partial charge in [0.05, 0.1) is 0 Å². The van der Waals surface area contributed by atoms with Gasteiger partial charge in [-0.05, 0) is 26.2 Å². The van der Waals surface area contributed by atoms with Crippen molar-refractivity contribution in [3.8, 4) is 0 Å². The van der Waals surface area contributed by atoms with Crippen LogP contribution in [-0.2, 0) is 4.79 Å². The number of carboxylic acids is 1. The number of urea groups is 1. The van der Waals surface area contributed by atoms with Gasteiger partial charge < -0.3 is 15.7 Å². The number of carboxylic acid groups (broad SMARTS) is 1. The molecule has 0 aliphatic carbocycles. The minimum absolute atomic E-state index is 0.199. The van der Waals surface area contributed by atoms with Crippen molar-refractivity contribution in [2.45, 2.75) is 46.0 Å². The Morgan fingerprint density at radius 2 is 1.94 bits per heavy atom. The molecule has 0 aliphatic heterocycles. The topological polar surface area (TPSA) is 78.4 Å². The Morgan fingerprint density at radius 3 is 2.53 bits per heavy atom. The van der Waals surface area contributed by atoms with E-state index in [1.807, 2.05) is 13.8 Å². The number of amides is 2. The Bertz CT molecular complexity index is 275. The van der Waals surface area contributed by atoms with Gasteiger partial charge in [0.25, 0.3) is 0 Å². The summed E-state index contributed by atoms with van der Waals surface area (Å²) in [4.78, 5) is 21.5. The van der Waals surface area contributed by atoms with Crippen LogP contribution >= 0.6 is 0 Å². The third-order valence-electron chi connectivity index (χ3n) is 2.36. The van der Waals surface area contributed by atoms with Crippen molar-refractivity contribution in [3.05, 3.63) is 11.8 Å². The maximum Gasteiger partial charge on any atom is 0.318 e. The van der Waals surface area contributed by atoms with Crippen LogP contribution in [0.1, 0.15) is 46.0 Å². The highest BCUT2D eigenvalue weighted by Gasteiger charge is 1.98. The number of unbranched alkanes of at least 4 members (excludes halogenated alkanes) is 2. The molecule has 0 fully saturated rings. The van der Waals surface area contributed by atoms with Crippen molar-refractivity contribution < 1.29 is 14.7 Å². The predicted molar refractivity (Wildman–Crippen MR) is 66.7 cm³/mol. The molecule has 2 amide bonds. The van der Waals surface area contributed by atoms with Crippen molar-refractivity contribution in [2.24, 2.45) is 0 Å². The smallest absolute Gasteiger partial charge is 0.318 e. The van der Waals surface area contributed by atoms with Crippen LogP contribution in [0.25, 0.3) is 0 Å². The van der Waals surface area contributed by atoms with Crippen molar-refractivity contribution in [1.29, 1.82) is 0 Å². The van der Waals surface area contributed by atoms with Gasteiger partial charge in [-0.15, -0.1) is 0 Å². The first kappa shape index (κ1) is 15.5. The molecule has 5 nitrogen and oxygen atoms in total. The molecule has 0 radical (unpaired) electrons. The fourth-order valence-electron chi connectivity index (χ4n) is 1.12. The SMILES string of the molecule is CC/C(C)=C/NC(=O)NCCCCCC(=O)O. The van der Waals surface area contributed by atoms with Crippen LogP contribution in [-0.4, -0.2) is 23.7 Å². The Morgan fingerprint density at radius 1 is 1.24 bits per heavy atom. The second-order valence-electron chi connectivity index (χ2n) is 3.95. The molecular weight excluding hydrogens is 220 g/mol. The van der Waals surface area contributed by atoms with Crippen LogP contribution in [0.4, 0.5) is 4.79 Å². The molecule has 98 valence electrons. The molecule has 0 saturated carbocycles. The molecular formula is C12H22N2O3. The number of aliphatic carboxylic acids is 1. The van der Waals surface area contributed by atoms with Crippen LogP contribution < -0.4 is 10.6 Å². The fraction of sp³-hybridized carbons (Fsp3) is 0.667. The summed E-state index contributed by atoms with van der Waals surface area (Å²) in [6, 6.07) is -0.212. The molecule has 0 heterocycles. The molecule has 0 spiro atoms. The zero-order chi connectivity index (χ0) is 13.1. The van der Waals surface area contributed by atoms with Crippen molar-refractivity contribution in [1.82, 2.24) is 10.6 Å². The summed E-state index contributed by atoms with van der Waals surface area (Å²) in [5.41, 5.74) is 1.11. The zero-order valence-electron chi connectivity index (χ0n) is 10.6. The summed E-state index contributed by atoms with van der Waals surface area (Å²) in [6.07, 6.45) is 5.08. The van der Waals surface area contributed by atoms with Gasteiger partial charge in [0.1, 0.15) is 0 Å². The third-order valence-corrected chi connectivity index (χ3v) is 2.36. The van der Waals surface area contributed by atoms with Gasteiger partial charge in [-0.3, -0.25) is 4.79 Å². The highest BCUT2D eigenvalue weighted by Crippen LogP contribution is 1.98. The summed E-state index contributed by atoms with van der Waals surface area (Å²) in [5, 5.41) is 13.8. The number of rotatable bonds is 8. The molecule has 0 aromatic carbocycles. The molecule has 3 N–H and O–H groups in total. The lowest BCUT2D eigenvalue weighted by Gasteiger charge is -2.04. The Kier molecular flexibility index (Phi) is 8.82. The number of hydrogen-bond acceptors (Lipinski definition) is 2. The van der Waals surface area contributed by atoms with E-state index in [-0.39, 0.29) is 12.5 Å². The van der Waals surface area contributed by atoms with Gasteiger partial charge in [-0.2, -0.15) is 0 Å². The highest BCUT2D eigenvalue weighted by atomic mass is 16.4. The molecule has 0 bridgehead atoms. The standard InChI is InChI=1S/C12H22N2O3/c1-3-10(2)9-14-12(17)13-8-6-4-5-7-11(15)16/h9H,3-8H2,1-2H3,(H,15,16)(H2,13,14,17)/b10-9+. The zero-order valence-corrected chi connectivity index (χ0v) is 10.6. The van der Waals surface area contributed by atoms with Crippen molar-refractivity contribution in [2.75, 3.05) is 6.54 Å². The molecule has 0 aromatic heterocycles. The average Bonchev–Trinajstić information content (AvgIpc) is 2.30. The first-order valence-electron chi connectivity index (χ1n) is 5.98. The number of carbonyl (C=O) groups is 2. The van der Waals surface area contributed by atoms with Gasteiger partial charge in [0, 0.05) is 19.2 Å². The summed E-state index contributed by atoms with van der Waals surface area (Å²) in [7, 11) is 0. The first-order chi connectivity index (χ1) is 8.06. The molecule has 5 heteroatoms. The molecule has 0 saturated heterocycles. The monoisotopic (exact) mass is 242 g/mol.